The average molecular weight is 465 g/mol. The van der Waals surface area contributed by atoms with Crippen LogP contribution in [0.15, 0.2) is 32.0 Å². The van der Waals surface area contributed by atoms with E-state index in [-0.39, 0.29) is 23.9 Å². The summed E-state index contributed by atoms with van der Waals surface area (Å²) in [6.07, 6.45) is 1.27. The highest BCUT2D eigenvalue weighted by Crippen LogP contribution is 2.34. The normalized spacial score (nSPS) is 17.7. The zero-order valence-electron chi connectivity index (χ0n) is 17.5. The predicted octanol–water partition coefficient (Wildman–Crippen LogP) is 3.03. The van der Waals surface area contributed by atoms with Crippen LogP contribution in [0.1, 0.15) is 35.1 Å². The van der Waals surface area contributed by atoms with E-state index in [0.717, 1.165) is 5.76 Å². The number of thiophene rings is 1. The first-order valence-electron chi connectivity index (χ1n) is 9.98. The lowest BCUT2D eigenvalue weighted by atomic mass is 9.99. The van der Waals surface area contributed by atoms with Gasteiger partial charge in [0, 0.05) is 24.9 Å². The monoisotopic (exact) mass is 464 g/mol. The van der Waals surface area contributed by atoms with Crippen LogP contribution in [0, 0.1) is 26.7 Å². The largest absolute Gasteiger partial charge is 0.465 e. The Kier molecular flexibility index (Phi) is 6.00. The van der Waals surface area contributed by atoms with Crippen LogP contribution < -0.4 is 5.32 Å². The lowest BCUT2D eigenvalue weighted by Crippen LogP contribution is -2.45. The average Bonchev–Trinajstić information content (AvgIpc) is 3.46. The molecule has 1 fully saturated rings. The Hall–Kier alpha value is -2.50. The van der Waals surface area contributed by atoms with E-state index in [1.165, 1.54) is 15.6 Å². The number of carbonyl (C=O) groups is 1. The van der Waals surface area contributed by atoms with Gasteiger partial charge in [-0.1, -0.05) is 5.16 Å². The Morgan fingerprint density at radius 2 is 2.13 bits per heavy atom. The van der Waals surface area contributed by atoms with Crippen molar-refractivity contribution >= 4 is 27.3 Å². The van der Waals surface area contributed by atoms with Gasteiger partial charge >= 0.3 is 0 Å². The van der Waals surface area contributed by atoms with Crippen molar-refractivity contribution in [3.63, 3.8) is 0 Å². The Morgan fingerprint density at radius 3 is 2.81 bits per heavy atom. The minimum atomic E-state index is -3.74. The van der Waals surface area contributed by atoms with Crippen LogP contribution in [-0.2, 0) is 21.4 Å². The number of furan rings is 1. The lowest BCUT2D eigenvalue weighted by Gasteiger charge is -2.31. The summed E-state index contributed by atoms with van der Waals surface area (Å²) in [5.74, 6) is 1.66. The van der Waals surface area contributed by atoms with Gasteiger partial charge < -0.3 is 14.3 Å². The fraction of sp³-hybridized carbons (Fsp3) is 0.450. The molecule has 0 bridgehead atoms. The fourth-order valence-electron chi connectivity index (χ4n) is 3.64. The van der Waals surface area contributed by atoms with E-state index < -0.39 is 15.9 Å². The number of nitrogens with one attached hydrogen (secondary N) is 1. The number of sulfonamides is 1. The Morgan fingerprint density at radius 1 is 1.32 bits per heavy atom. The van der Waals surface area contributed by atoms with Crippen molar-refractivity contribution in [3.05, 3.63) is 40.5 Å². The van der Waals surface area contributed by atoms with Crippen LogP contribution in [-0.4, -0.2) is 41.9 Å². The van der Waals surface area contributed by atoms with Crippen molar-refractivity contribution in [3.8, 4) is 10.7 Å². The number of carbonyl (C=O) groups excluding carboxylic acids is 1. The van der Waals surface area contributed by atoms with Crippen molar-refractivity contribution in [1.29, 1.82) is 0 Å². The third-order valence-corrected chi connectivity index (χ3v) is 8.39. The Bertz CT molecular complexity index is 1190. The van der Waals surface area contributed by atoms with E-state index in [0.29, 0.717) is 46.6 Å². The van der Waals surface area contributed by atoms with E-state index in [9.17, 15) is 13.2 Å². The number of amides is 1. The summed E-state index contributed by atoms with van der Waals surface area (Å²) in [7, 11) is -3.74. The van der Waals surface area contributed by atoms with E-state index >= 15 is 0 Å². The van der Waals surface area contributed by atoms with Crippen LogP contribution >= 0.6 is 11.3 Å². The third-order valence-electron chi connectivity index (χ3n) is 5.23. The Balaban J connectivity index is 1.47. The second-order valence-electron chi connectivity index (χ2n) is 7.60. The molecule has 0 radical (unpaired) electrons. The molecular weight excluding hydrogens is 440 g/mol. The van der Waals surface area contributed by atoms with E-state index in [2.05, 4.69) is 15.5 Å². The van der Waals surface area contributed by atoms with E-state index in [1.807, 2.05) is 19.1 Å². The molecule has 166 valence electrons. The van der Waals surface area contributed by atoms with Crippen molar-refractivity contribution in [2.75, 3.05) is 13.1 Å². The molecule has 9 nitrogen and oxygen atoms in total. The second kappa shape index (κ2) is 8.56. The van der Waals surface area contributed by atoms with Crippen molar-refractivity contribution in [2.24, 2.45) is 5.92 Å². The molecule has 1 atom stereocenters. The zero-order chi connectivity index (χ0) is 22.2. The van der Waals surface area contributed by atoms with Gasteiger partial charge in [0.25, 0.3) is 0 Å². The zero-order valence-corrected chi connectivity index (χ0v) is 19.2. The summed E-state index contributed by atoms with van der Waals surface area (Å²) in [4.78, 5) is 18.3. The smallest absolute Gasteiger partial charge is 0.244 e. The van der Waals surface area contributed by atoms with Crippen LogP contribution in [0.4, 0.5) is 0 Å². The number of hydrogen-bond acceptors (Lipinski definition) is 8. The van der Waals surface area contributed by atoms with Gasteiger partial charge in [0.05, 0.1) is 22.2 Å². The first-order valence-corrected chi connectivity index (χ1v) is 12.2. The molecule has 1 unspecified atom stereocenters. The first-order chi connectivity index (χ1) is 14.7. The summed E-state index contributed by atoms with van der Waals surface area (Å²) in [6.45, 7) is 6.10. The minimum absolute atomic E-state index is 0.150. The molecule has 0 aromatic carbocycles. The maximum Gasteiger partial charge on any atom is 0.244 e. The molecule has 1 saturated heterocycles. The molecule has 3 aromatic heterocycles. The maximum atomic E-state index is 13.3. The summed E-state index contributed by atoms with van der Waals surface area (Å²) >= 11 is 1.31. The summed E-state index contributed by atoms with van der Waals surface area (Å²) < 4.78 is 38.5. The van der Waals surface area contributed by atoms with Gasteiger partial charge in [0.15, 0.2) is 0 Å². The van der Waals surface area contributed by atoms with Gasteiger partial charge in [-0.05, 0) is 44.9 Å². The Labute approximate surface area is 184 Å². The van der Waals surface area contributed by atoms with Crippen LogP contribution in [0.5, 0.6) is 0 Å². The van der Waals surface area contributed by atoms with Crippen molar-refractivity contribution in [2.45, 2.75) is 45.1 Å². The van der Waals surface area contributed by atoms with E-state index in [4.69, 9.17) is 8.94 Å². The topological polar surface area (TPSA) is 119 Å². The van der Waals surface area contributed by atoms with Crippen LogP contribution in [0.2, 0.25) is 0 Å². The molecule has 0 aliphatic carbocycles. The lowest BCUT2D eigenvalue weighted by molar-refractivity contribution is -0.126. The molecule has 4 heterocycles. The van der Waals surface area contributed by atoms with Gasteiger partial charge in [-0.15, -0.1) is 11.3 Å². The second-order valence-corrected chi connectivity index (χ2v) is 10.8. The number of aryl methyl sites for hydroxylation is 3. The number of hydrogen-bond donors (Lipinski definition) is 1. The molecular formula is C20H24N4O5S2. The summed E-state index contributed by atoms with van der Waals surface area (Å²) in [6, 6.07) is 5.24. The van der Waals surface area contributed by atoms with Gasteiger partial charge in [-0.25, -0.2) is 8.42 Å². The van der Waals surface area contributed by atoms with Gasteiger partial charge in [-0.3, -0.25) is 4.79 Å². The molecule has 1 amide bonds. The molecule has 0 saturated carbocycles. The van der Waals surface area contributed by atoms with Crippen LogP contribution in [0.3, 0.4) is 0 Å². The molecule has 3 aromatic rings. The highest BCUT2D eigenvalue weighted by molar-refractivity contribution is 7.89. The summed E-state index contributed by atoms with van der Waals surface area (Å²) in [5, 5.41) is 6.73. The van der Waals surface area contributed by atoms with Gasteiger partial charge in [0.2, 0.25) is 27.6 Å². The van der Waals surface area contributed by atoms with Crippen LogP contribution in [0.25, 0.3) is 10.7 Å². The highest BCUT2D eigenvalue weighted by Gasteiger charge is 2.35. The molecule has 4 rings (SSSR count). The van der Waals surface area contributed by atoms with Gasteiger partial charge in [-0.2, -0.15) is 9.29 Å². The van der Waals surface area contributed by atoms with Gasteiger partial charge in [0.1, 0.15) is 11.5 Å². The molecule has 11 heteroatoms. The standard InChI is InChI=1S/C20H24N4O5S2/c1-12-6-7-16(28-12)10-21-20(25)15-5-4-8-24(11-15)31(26,27)18-9-17(30-13(18)2)19-22-14(3)29-23-19/h6-7,9,15H,4-5,8,10-11H2,1-3H3,(H,21,25). The third kappa shape index (κ3) is 4.58. The van der Waals surface area contributed by atoms with Crippen molar-refractivity contribution in [1.82, 2.24) is 19.8 Å². The highest BCUT2D eigenvalue weighted by atomic mass is 32.2. The fourth-order valence-corrected chi connectivity index (χ4v) is 6.65. The maximum absolute atomic E-state index is 13.3. The molecule has 31 heavy (non-hydrogen) atoms. The first kappa shape index (κ1) is 21.7. The molecule has 1 aliphatic heterocycles. The predicted molar refractivity (Wildman–Crippen MR) is 114 cm³/mol. The number of rotatable bonds is 6. The molecule has 0 spiro atoms. The number of nitrogens with zero attached hydrogens (tertiary/aromatic N) is 3. The number of piperidine rings is 1. The quantitative estimate of drug-likeness (QED) is 0.595. The molecule has 1 N–H and O–H groups in total. The molecule has 1 aliphatic rings. The SMILES string of the molecule is Cc1ccc(CNC(=O)C2CCCN(S(=O)(=O)c3cc(-c4noc(C)n4)sc3C)C2)o1. The van der Waals surface area contributed by atoms with E-state index in [1.54, 1.807) is 19.9 Å². The van der Waals surface area contributed by atoms with Crippen molar-refractivity contribution < 1.29 is 22.2 Å². The summed E-state index contributed by atoms with van der Waals surface area (Å²) in [5.41, 5.74) is 0. The number of aromatic nitrogens is 2. The minimum Gasteiger partial charge on any atom is -0.465 e.